The number of carbonyl (C=O) groups excluding carboxylic acids is 1. The molecular weight excluding hydrogens is 652 g/mol. The first-order valence-corrected chi connectivity index (χ1v) is 17.4. The molecule has 0 aliphatic carbocycles. The van der Waals surface area contributed by atoms with Crippen LogP contribution in [0.1, 0.15) is 37.0 Å². The summed E-state index contributed by atoms with van der Waals surface area (Å²) < 4.78 is 0. The Labute approximate surface area is 302 Å². The number of hydrogen-bond donors (Lipinski definition) is 6. The monoisotopic (exact) mass is 694 g/mol. The minimum Gasteiger partial charge on any atom is -0.479 e. The average molecular weight is 695 g/mol. The van der Waals surface area contributed by atoms with Gasteiger partial charge in [-0.2, -0.15) is 0 Å². The van der Waals surface area contributed by atoms with Crippen LogP contribution in [0.5, 0.6) is 0 Å². The SMILES string of the molecule is CCN(CC)c1ccc(-c2nc(-c3ccc(C(=N)CC(O)C(=O)O)cc3)c(-c3ccc(/C=C/C(=O)NCCc4c[nH]c5ccccc45)cc3)[nH]2)cc1. The van der Waals surface area contributed by atoms with Crippen LogP contribution in [0.3, 0.4) is 0 Å². The van der Waals surface area contributed by atoms with Gasteiger partial charge in [-0.25, -0.2) is 9.78 Å². The quantitative estimate of drug-likeness (QED) is 0.0489. The second kappa shape index (κ2) is 16.2. The van der Waals surface area contributed by atoms with Crippen LogP contribution in [0, 0.1) is 5.41 Å². The first-order valence-electron chi connectivity index (χ1n) is 17.4. The number of aliphatic hydroxyl groups excluding tert-OH is 1. The molecule has 0 fully saturated rings. The molecule has 6 rings (SSSR count). The molecule has 6 N–H and O–H groups in total. The number of aromatic amines is 2. The van der Waals surface area contributed by atoms with Gasteiger partial charge in [-0.05, 0) is 73.4 Å². The molecule has 0 radical (unpaired) electrons. The van der Waals surface area contributed by atoms with E-state index < -0.39 is 12.1 Å². The summed E-state index contributed by atoms with van der Waals surface area (Å²) >= 11 is 0. The van der Waals surface area contributed by atoms with Gasteiger partial charge < -0.3 is 35.8 Å². The number of H-pyrrole nitrogens is 2. The molecule has 4 aromatic carbocycles. The molecule has 10 heteroatoms. The van der Waals surface area contributed by atoms with Crippen molar-refractivity contribution in [2.45, 2.75) is 32.8 Å². The number of aromatic nitrogens is 3. The van der Waals surface area contributed by atoms with E-state index in [0.717, 1.165) is 58.7 Å². The molecule has 1 amide bonds. The predicted octanol–water partition coefficient (Wildman–Crippen LogP) is 7.31. The van der Waals surface area contributed by atoms with Crippen molar-refractivity contribution in [1.29, 1.82) is 5.41 Å². The molecule has 264 valence electrons. The Morgan fingerprint density at radius 3 is 2.27 bits per heavy atom. The lowest BCUT2D eigenvalue weighted by Gasteiger charge is -2.20. The molecule has 0 saturated carbocycles. The van der Waals surface area contributed by atoms with Crippen molar-refractivity contribution in [3.8, 4) is 33.9 Å². The van der Waals surface area contributed by atoms with E-state index in [9.17, 15) is 14.7 Å². The first kappa shape index (κ1) is 35.6. The summed E-state index contributed by atoms with van der Waals surface area (Å²) in [6.07, 6.45) is 4.12. The maximum absolute atomic E-state index is 12.6. The number of fused-ring (bicyclic) bond motifs is 1. The van der Waals surface area contributed by atoms with E-state index in [1.807, 2.05) is 60.8 Å². The zero-order chi connectivity index (χ0) is 36.6. The Balaban J connectivity index is 1.20. The summed E-state index contributed by atoms with van der Waals surface area (Å²) in [5, 5.41) is 31.2. The maximum Gasteiger partial charge on any atom is 0.332 e. The number of para-hydroxylation sites is 1. The summed E-state index contributed by atoms with van der Waals surface area (Å²) in [7, 11) is 0. The van der Waals surface area contributed by atoms with Crippen LogP contribution < -0.4 is 10.2 Å². The summed E-state index contributed by atoms with van der Waals surface area (Å²) in [5.41, 5.74) is 8.96. The molecule has 0 aliphatic rings. The Kier molecular flexibility index (Phi) is 11.1. The van der Waals surface area contributed by atoms with Crippen LogP contribution in [-0.4, -0.2) is 68.5 Å². The lowest BCUT2D eigenvalue weighted by Crippen LogP contribution is -2.23. The van der Waals surface area contributed by atoms with Crippen molar-refractivity contribution in [1.82, 2.24) is 20.3 Å². The van der Waals surface area contributed by atoms with Gasteiger partial charge in [0.2, 0.25) is 5.91 Å². The van der Waals surface area contributed by atoms with Gasteiger partial charge in [0.05, 0.1) is 11.4 Å². The average Bonchev–Trinajstić information content (AvgIpc) is 3.80. The molecular formula is C42H42N6O4. The predicted molar refractivity (Wildman–Crippen MR) is 208 cm³/mol. The number of aliphatic carboxylic acids is 1. The number of carboxylic acids is 1. The largest absolute Gasteiger partial charge is 0.479 e. The number of imidazole rings is 1. The fraction of sp³-hybridized carbons (Fsp3) is 0.190. The first-order chi connectivity index (χ1) is 25.2. The molecule has 52 heavy (non-hydrogen) atoms. The van der Waals surface area contributed by atoms with Crippen LogP contribution >= 0.6 is 0 Å². The highest BCUT2D eigenvalue weighted by Gasteiger charge is 2.19. The number of aliphatic hydroxyl groups is 1. The molecule has 0 saturated heterocycles. The highest BCUT2D eigenvalue weighted by molar-refractivity contribution is 6.01. The molecule has 1 atom stereocenters. The van der Waals surface area contributed by atoms with Gasteiger partial charge in [-0.3, -0.25) is 4.79 Å². The number of carbonyl (C=O) groups is 2. The summed E-state index contributed by atoms with van der Waals surface area (Å²) in [4.78, 5) is 37.8. The van der Waals surface area contributed by atoms with E-state index in [1.54, 1.807) is 24.3 Å². The number of anilines is 1. The second-order valence-corrected chi connectivity index (χ2v) is 12.5. The van der Waals surface area contributed by atoms with Crippen LogP contribution in [0.4, 0.5) is 5.69 Å². The number of amides is 1. The fourth-order valence-electron chi connectivity index (χ4n) is 6.22. The third-order valence-electron chi connectivity index (χ3n) is 9.16. The normalized spacial score (nSPS) is 11.9. The van der Waals surface area contributed by atoms with Crippen LogP contribution in [0.15, 0.2) is 109 Å². The number of nitrogens with zero attached hydrogens (tertiary/aromatic N) is 2. The van der Waals surface area contributed by atoms with E-state index in [2.05, 4.69) is 64.4 Å². The van der Waals surface area contributed by atoms with Gasteiger partial charge >= 0.3 is 5.97 Å². The van der Waals surface area contributed by atoms with Gasteiger partial charge in [0.25, 0.3) is 0 Å². The Morgan fingerprint density at radius 1 is 0.904 bits per heavy atom. The van der Waals surface area contributed by atoms with Gasteiger partial charge in [0.1, 0.15) is 5.82 Å². The van der Waals surface area contributed by atoms with Crippen LogP contribution in [-0.2, 0) is 16.0 Å². The maximum atomic E-state index is 12.6. The highest BCUT2D eigenvalue weighted by Crippen LogP contribution is 2.34. The lowest BCUT2D eigenvalue weighted by molar-refractivity contribution is -0.146. The zero-order valence-electron chi connectivity index (χ0n) is 29.2. The third-order valence-corrected chi connectivity index (χ3v) is 9.16. The van der Waals surface area contributed by atoms with Gasteiger partial charge in [0.15, 0.2) is 6.10 Å². The molecule has 0 spiro atoms. The number of benzene rings is 4. The van der Waals surface area contributed by atoms with Gasteiger partial charge in [-0.15, -0.1) is 0 Å². The van der Waals surface area contributed by atoms with Gasteiger partial charge in [-0.1, -0.05) is 66.7 Å². The fourth-order valence-corrected chi connectivity index (χ4v) is 6.22. The third kappa shape index (κ3) is 8.20. The Hall–Kier alpha value is -6.26. The molecule has 2 aromatic heterocycles. The molecule has 0 aliphatic heterocycles. The molecule has 1 unspecified atom stereocenters. The Morgan fingerprint density at radius 2 is 1.58 bits per heavy atom. The standard InChI is InChI=1S/C42H42N6O4/c1-3-48(4-2)33-20-18-31(19-21-33)41-46-39(40(47-41)30-16-14-28(15-17-30)35(43)25-37(49)42(51)52)29-12-9-27(10-13-29)11-22-38(50)44-24-23-32-26-45-36-8-6-5-7-34(32)36/h5-22,26,37,43,45,49H,3-4,23-25H2,1-2H3,(H,44,50)(H,46,47)(H,51,52)/b22-11+,43-35?. The summed E-state index contributed by atoms with van der Waals surface area (Å²) in [6.45, 7) is 6.61. The van der Waals surface area contributed by atoms with E-state index in [0.29, 0.717) is 23.6 Å². The number of hydrogen-bond acceptors (Lipinski definition) is 6. The molecule has 0 bridgehead atoms. The van der Waals surface area contributed by atoms with Gasteiger partial charge in [0, 0.05) is 77.3 Å². The van der Waals surface area contributed by atoms with Crippen molar-refractivity contribution >= 4 is 40.3 Å². The van der Waals surface area contributed by atoms with Crippen LogP contribution in [0.2, 0.25) is 0 Å². The topological polar surface area (TPSA) is 158 Å². The minimum atomic E-state index is -1.64. The van der Waals surface area contributed by atoms with Crippen molar-refractivity contribution in [3.63, 3.8) is 0 Å². The Bertz CT molecular complexity index is 2190. The summed E-state index contributed by atoms with van der Waals surface area (Å²) in [6, 6.07) is 31.4. The number of carboxylic acid groups (broad SMARTS) is 1. The molecule has 2 heterocycles. The van der Waals surface area contributed by atoms with Crippen molar-refractivity contribution in [2.75, 3.05) is 24.5 Å². The van der Waals surface area contributed by atoms with E-state index >= 15 is 0 Å². The smallest absolute Gasteiger partial charge is 0.332 e. The van der Waals surface area contributed by atoms with Crippen molar-refractivity contribution < 1.29 is 19.8 Å². The van der Waals surface area contributed by atoms with Crippen LogP contribution in [0.25, 0.3) is 50.9 Å². The van der Waals surface area contributed by atoms with E-state index in [-0.39, 0.29) is 18.0 Å². The van der Waals surface area contributed by atoms with Crippen molar-refractivity contribution in [2.24, 2.45) is 0 Å². The number of nitrogens with one attached hydrogen (secondary N) is 4. The second-order valence-electron chi connectivity index (χ2n) is 12.5. The molecule has 6 aromatic rings. The lowest BCUT2D eigenvalue weighted by atomic mass is 9.99. The van der Waals surface area contributed by atoms with E-state index in [1.165, 1.54) is 10.9 Å². The highest BCUT2D eigenvalue weighted by atomic mass is 16.4. The van der Waals surface area contributed by atoms with E-state index in [4.69, 9.17) is 15.5 Å². The summed E-state index contributed by atoms with van der Waals surface area (Å²) in [5.74, 6) is -0.821. The minimum absolute atomic E-state index is 0.0317. The number of rotatable bonds is 15. The van der Waals surface area contributed by atoms with Crippen molar-refractivity contribution in [3.05, 3.63) is 126 Å². The molecule has 10 nitrogen and oxygen atoms in total. The zero-order valence-corrected chi connectivity index (χ0v) is 29.2.